The zero-order valence-corrected chi connectivity index (χ0v) is 19.2. The summed E-state index contributed by atoms with van der Waals surface area (Å²) in [6.45, 7) is 7.00. The molecule has 1 atom stereocenters. The highest BCUT2D eigenvalue weighted by Gasteiger charge is 2.34. The third-order valence-electron chi connectivity index (χ3n) is 5.64. The fourth-order valence-corrected chi connectivity index (χ4v) is 4.13. The first-order chi connectivity index (χ1) is 12.3. The van der Waals surface area contributed by atoms with Gasteiger partial charge in [-0.15, -0.1) is 24.0 Å². The molecule has 0 aromatic heterocycles. The van der Waals surface area contributed by atoms with E-state index in [1.807, 2.05) is 6.92 Å². The number of hydrogen-bond acceptors (Lipinski definition) is 2. The van der Waals surface area contributed by atoms with Gasteiger partial charge in [0.25, 0.3) is 0 Å². The lowest BCUT2D eigenvalue weighted by atomic mass is 9.83. The monoisotopic (exact) mass is 504 g/mol. The second kappa shape index (κ2) is 11.7. The van der Waals surface area contributed by atoms with Gasteiger partial charge in [0.1, 0.15) is 0 Å². The quantitative estimate of drug-likeness (QED) is 0.334. The van der Waals surface area contributed by atoms with Gasteiger partial charge < -0.3 is 10.2 Å². The molecule has 1 aliphatic carbocycles. The van der Waals surface area contributed by atoms with Crippen molar-refractivity contribution >= 4 is 29.9 Å². The van der Waals surface area contributed by atoms with E-state index in [0.29, 0.717) is 25.6 Å². The van der Waals surface area contributed by atoms with Gasteiger partial charge in [-0.2, -0.15) is 13.2 Å². The van der Waals surface area contributed by atoms with Crippen LogP contribution in [-0.4, -0.2) is 68.3 Å². The van der Waals surface area contributed by atoms with Crippen molar-refractivity contribution in [1.29, 1.82) is 0 Å². The van der Waals surface area contributed by atoms with Gasteiger partial charge in [0.15, 0.2) is 5.96 Å². The van der Waals surface area contributed by atoms with Gasteiger partial charge in [-0.25, -0.2) is 0 Å². The summed E-state index contributed by atoms with van der Waals surface area (Å²) < 4.78 is 37.5. The van der Waals surface area contributed by atoms with Gasteiger partial charge in [0.05, 0.1) is 6.54 Å². The van der Waals surface area contributed by atoms with Crippen LogP contribution in [0.5, 0.6) is 0 Å². The van der Waals surface area contributed by atoms with E-state index >= 15 is 0 Å². The maximum Gasteiger partial charge on any atom is 0.401 e. The van der Waals surface area contributed by atoms with Crippen LogP contribution < -0.4 is 5.32 Å². The molecule has 2 aliphatic rings. The average Bonchev–Trinajstić information content (AvgIpc) is 2.99. The van der Waals surface area contributed by atoms with Crippen molar-refractivity contribution < 1.29 is 13.2 Å². The Labute approximate surface area is 179 Å². The van der Waals surface area contributed by atoms with Crippen molar-refractivity contribution in [2.75, 3.05) is 46.3 Å². The fraction of sp³-hybridized carbons (Fsp3) is 0.947. The Hall–Kier alpha value is -0.250. The van der Waals surface area contributed by atoms with Gasteiger partial charge in [-0.1, -0.05) is 19.8 Å². The van der Waals surface area contributed by atoms with E-state index in [-0.39, 0.29) is 29.9 Å². The second-order valence-electron chi connectivity index (χ2n) is 8.21. The molecule has 1 heterocycles. The molecule has 4 nitrogen and oxygen atoms in total. The Bertz CT molecular complexity index is 451. The predicted octanol–water partition coefficient (Wildman–Crippen LogP) is 4.21. The van der Waals surface area contributed by atoms with E-state index in [9.17, 15) is 13.2 Å². The molecule has 0 aromatic rings. The minimum absolute atomic E-state index is 0. The SMILES string of the molecule is CCNC(=NCC1CCN(CC(F)(F)F)C1)N(C)CC1CCC(C)CC1.I. The molecule has 1 aliphatic heterocycles. The van der Waals surface area contributed by atoms with E-state index in [1.54, 1.807) is 0 Å². The van der Waals surface area contributed by atoms with Crippen LogP contribution in [0.1, 0.15) is 46.0 Å². The number of rotatable bonds is 6. The van der Waals surface area contributed by atoms with Gasteiger partial charge in [0.2, 0.25) is 0 Å². The molecule has 0 aromatic carbocycles. The zero-order valence-electron chi connectivity index (χ0n) is 16.9. The summed E-state index contributed by atoms with van der Waals surface area (Å²) in [5.41, 5.74) is 0. The number of nitrogens with zero attached hydrogens (tertiary/aromatic N) is 3. The molecular formula is C19H36F3IN4. The lowest BCUT2D eigenvalue weighted by Gasteiger charge is -2.31. The summed E-state index contributed by atoms with van der Waals surface area (Å²) in [6, 6.07) is 0. The fourth-order valence-electron chi connectivity index (χ4n) is 4.13. The number of alkyl halides is 3. The van der Waals surface area contributed by atoms with Crippen LogP contribution in [0.25, 0.3) is 0 Å². The molecule has 1 N–H and O–H groups in total. The lowest BCUT2D eigenvalue weighted by molar-refractivity contribution is -0.143. The number of halogens is 4. The highest BCUT2D eigenvalue weighted by atomic mass is 127. The molecule has 0 bridgehead atoms. The number of likely N-dealkylation sites (tertiary alicyclic amines) is 1. The van der Waals surface area contributed by atoms with Crippen molar-refractivity contribution in [3.05, 3.63) is 0 Å². The average molecular weight is 504 g/mol. The second-order valence-corrected chi connectivity index (χ2v) is 8.21. The molecule has 1 saturated heterocycles. The molecule has 1 unspecified atom stereocenters. The molecule has 27 heavy (non-hydrogen) atoms. The van der Waals surface area contributed by atoms with E-state index in [0.717, 1.165) is 31.4 Å². The molecule has 2 fully saturated rings. The van der Waals surface area contributed by atoms with Crippen LogP contribution in [0.4, 0.5) is 13.2 Å². The molecule has 0 spiro atoms. The van der Waals surface area contributed by atoms with E-state index in [2.05, 4.69) is 24.2 Å². The first-order valence-electron chi connectivity index (χ1n) is 10.1. The van der Waals surface area contributed by atoms with Gasteiger partial charge in [0, 0.05) is 33.2 Å². The van der Waals surface area contributed by atoms with Crippen LogP contribution in [0.3, 0.4) is 0 Å². The van der Waals surface area contributed by atoms with E-state index < -0.39 is 12.7 Å². The zero-order chi connectivity index (χ0) is 19.2. The van der Waals surface area contributed by atoms with Crippen LogP contribution in [0, 0.1) is 17.8 Å². The topological polar surface area (TPSA) is 30.9 Å². The molecule has 0 radical (unpaired) electrons. The van der Waals surface area contributed by atoms with Crippen molar-refractivity contribution in [2.24, 2.45) is 22.7 Å². The predicted molar refractivity (Wildman–Crippen MR) is 116 cm³/mol. The first-order valence-corrected chi connectivity index (χ1v) is 10.1. The molecule has 160 valence electrons. The molecular weight excluding hydrogens is 468 g/mol. The lowest BCUT2D eigenvalue weighted by Crippen LogP contribution is -2.42. The van der Waals surface area contributed by atoms with Crippen LogP contribution in [-0.2, 0) is 0 Å². The van der Waals surface area contributed by atoms with Crippen LogP contribution in [0.2, 0.25) is 0 Å². The van der Waals surface area contributed by atoms with Crippen molar-refractivity contribution in [2.45, 2.75) is 52.1 Å². The largest absolute Gasteiger partial charge is 0.401 e. The van der Waals surface area contributed by atoms with Crippen LogP contribution >= 0.6 is 24.0 Å². The summed E-state index contributed by atoms with van der Waals surface area (Å²) in [6.07, 6.45) is 1.86. The van der Waals surface area contributed by atoms with Crippen molar-refractivity contribution in [3.8, 4) is 0 Å². The van der Waals surface area contributed by atoms with Gasteiger partial charge in [-0.3, -0.25) is 9.89 Å². The smallest absolute Gasteiger partial charge is 0.357 e. The van der Waals surface area contributed by atoms with Gasteiger partial charge in [-0.05, 0) is 50.5 Å². The van der Waals surface area contributed by atoms with Crippen molar-refractivity contribution in [1.82, 2.24) is 15.1 Å². The molecule has 0 amide bonds. The Morgan fingerprint density at radius 3 is 2.41 bits per heavy atom. The summed E-state index contributed by atoms with van der Waals surface area (Å²) in [4.78, 5) is 8.43. The molecule has 8 heteroatoms. The third kappa shape index (κ3) is 9.19. The van der Waals surface area contributed by atoms with Gasteiger partial charge >= 0.3 is 6.18 Å². The maximum atomic E-state index is 12.5. The highest BCUT2D eigenvalue weighted by Crippen LogP contribution is 2.28. The first kappa shape index (κ1) is 24.8. The number of guanidine groups is 1. The maximum absolute atomic E-state index is 12.5. The molecule has 1 saturated carbocycles. The summed E-state index contributed by atoms with van der Waals surface area (Å²) in [7, 11) is 2.07. The number of hydrogen-bond donors (Lipinski definition) is 1. The van der Waals surface area contributed by atoms with E-state index in [1.165, 1.54) is 30.6 Å². The standard InChI is InChI=1S/C19H35F3N4.HI/c1-4-23-18(25(3)12-16-7-5-15(2)6-8-16)24-11-17-9-10-26(13-17)14-19(20,21)22;/h15-17H,4-14H2,1-3H3,(H,23,24);1H. The minimum Gasteiger partial charge on any atom is -0.357 e. The van der Waals surface area contributed by atoms with E-state index in [4.69, 9.17) is 4.99 Å². The molecule has 2 rings (SSSR count). The normalized spacial score (nSPS) is 27.3. The Balaban J connectivity index is 0.00000364. The summed E-state index contributed by atoms with van der Waals surface area (Å²) in [5.74, 6) is 2.67. The summed E-state index contributed by atoms with van der Waals surface area (Å²) in [5, 5.41) is 3.34. The highest BCUT2D eigenvalue weighted by molar-refractivity contribution is 14.0. The number of aliphatic imine (C=N–C) groups is 1. The van der Waals surface area contributed by atoms with Crippen LogP contribution in [0.15, 0.2) is 4.99 Å². The Morgan fingerprint density at radius 2 is 1.81 bits per heavy atom. The third-order valence-corrected chi connectivity index (χ3v) is 5.64. The number of nitrogens with one attached hydrogen (secondary N) is 1. The Kier molecular flexibility index (Phi) is 10.7. The minimum atomic E-state index is -4.11. The van der Waals surface area contributed by atoms with Crippen molar-refractivity contribution in [3.63, 3.8) is 0 Å². The summed E-state index contributed by atoms with van der Waals surface area (Å²) >= 11 is 0. The Morgan fingerprint density at radius 1 is 1.15 bits per heavy atom.